The second-order valence-electron chi connectivity index (χ2n) is 6.64. The number of hydrogen-bond donors (Lipinski definition) is 1. The number of nitrogens with one attached hydrogen (secondary N) is 1. The highest BCUT2D eigenvalue weighted by atomic mass is 32.2. The maximum Gasteiger partial charge on any atom is 0.257 e. The molecule has 2 aromatic rings. The molecule has 1 N–H and O–H groups in total. The van der Waals surface area contributed by atoms with Crippen molar-refractivity contribution >= 4 is 15.9 Å². The fourth-order valence-corrected chi connectivity index (χ4v) is 3.96. The van der Waals surface area contributed by atoms with Gasteiger partial charge in [-0.2, -0.15) is 0 Å². The van der Waals surface area contributed by atoms with Crippen LogP contribution in [0.2, 0.25) is 0 Å². The molecule has 8 nitrogen and oxygen atoms in total. The van der Waals surface area contributed by atoms with E-state index in [1.54, 1.807) is 36.1 Å². The molecular weight excluding hydrogens is 380 g/mol. The molecule has 0 atom stereocenters. The lowest BCUT2D eigenvalue weighted by molar-refractivity contribution is 0.0301. The minimum absolute atomic E-state index is 0.135. The first-order valence-corrected chi connectivity index (χ1v) is 10.6. The number of amides is 1. The lowest BCUT2D eigenvalue weighted by atomic mass is 10.1. The van der Waals surface area contributed by atoms with Crippen molar-refractivity contribution in [2.75, 3.05) is 32.8 Å². The number of benzene rings is 1. The van der Waals surface area contributed by atoms with Crippen molar-refractivity contribution in [3.63, 3.8) is 0 Å². The van der Waals surface area contributed by atoms with Crippen molar-refractivity contribution in [3.8, 4) is 0 Å². The Morgan fingerprint density at radius 1 is 1.18 bits per heavy atom. The number of carbonyl (C=O) groups is 1. The average Bonchev–Trinajstić information content (AvgIpc) is 2.68. The van der Waals surface area contributed by atoms with Gasteiger partial charge in [0.1, 0.15) is 5.82 Å². The first-order valence-electron chi connectivity index (χ1n) is 9.13. The molecule has 2 heterocycles. The molecule has 1 saturated heterocycles. The fourth-order valence-electron chi connectivity index (χ4n) is 2.93. The summed E-state index contributed by atoms with van der Waals surface area (Å²) in [6.07, 6.45) is 1.81. The number of nitrogens with zero attached hydrogens (tertiary/aromatic N) is 3. The minimum atomic E-state index is -3.62. The van der Waals surface area contributed by atoms with Gasteiger partial charge in [-0.05, 0) is 26.0 Å². The summed E-state index contributed by atoms with van der Waals surface area (Å²) in [6, 6.07) is 6.64. The van der Waals surface area contributed by atoms with Crippen molar-refractivity contribution < 1.29 is 17.9 Å². The van der Waals surface area contributed by atoms with Crippen molar-refractivity contribution in [1.82, 2.24) is 19.6 Å². The van der Waals surface area contributed by atoms with Gasteiger partial charge in [-0.1, -0.05) is 17.7 Å². The maximum absolute atomic E-state index is 12.8. The molecule has 0 aliphatic carbocycles. The zero-order valence-corrected chi connectivity index (χ0v) is 16.8. The number of carbonyl (C=O) groups excluding carboxylic acids is 1. The van der Waals surface area contributed by atoms with E-state index in [1.165, 1.54) is 6.20 Å². The van der Waals surface area contributed by atoms with Crippen LogP contribution < -0.4 is 4.72 Å². The zero-order chi connectivity index (χ0) is 20.1. The molecule has 1 aliphatic rings. The number of aromatic nitrogens is 2. The van der Waals surface area contributed by atoms with Gasteiger partial charge in [0.15, 0.2) is 0 Å². The lowest BCUT2D eigenvalue weighted by Gasteiger charge is -2.27. The Hall–Kier alpha value is -2.36. The summed E-state index contributed by atoms with van der Waals surface area (Å²) in [4.78, 5) is 23.2. The predicted molar refractivity (Wildman–Crippen MR) is 104 cm³/mol. The van der Waals surface area contributed by atoms with Gasteiger partial charge in [0, 0.05) is 32.3 Å². The van der Waals surface area contributed by atoms with Crippen LogP contribution in [0, 0.1) is 13.8 Å². The quantitative estimate of drug-likeness (QED) is 0.773. The number of sulfonamides is 1. The van der Waals surface area contributed by atoms with Crippen LogP contribution in [0.3, 0.4) is 0 Å². The third-order valence-corrected chi connectivity index (χ3v) is 5.98. The first kappa shape index (κ1) is 20.4. The molecular formula is C19H24N4O4S. The van der Waals surface area contributed by atoms with E-state index in [1.807, 2.05) is 6.92 Å². The number of rotatable bonds is 6. The van der Waals surface area contributed by atoms with Crippen LogP contribution in [-0.4, -0.2) is 62.0 Å². The van der Waals surface area contributed by atoms with Crippen molar-refractivity contribution in [3.05, 3.63) is 53.1 Å². The van der Waals surface area contributed by atoms with Gasteiger partial charge in [-0.15, -0.1) is 0 Å². The lowest BCUT2D eigenvalue weighted by Crippen LogP contribution is -2.41. The summed E-state index contributed by atoms with van der Waals surface area (Å²) in [5, 5.41) is 0. The molecule has 0 bridgehead atoms. The molecule has 0 saturated carbocycles. The van der Waals surface area contributed by atoms with E-state index < -0.39 is 10.0 Å². The van der Waals surface area contributed by atoms with E-state index in [-0.39, 0.29) is 17.3 Å². The molecule has 1 amide bonds. The van der Waals surface area contributed by atoms with E-state index in [9.17, 15) is 13.2 Å². The zero-order valence-electron chi connectivity index (χ0n) is 16.0. The highest BCUT2D eigenvalue weighted by Crippen LogP contribution is 2.13. The third kappa shape index (κ3) is 4.92. The first-order chi connectivity index (χ1) is 13.4. The van der Waals surface area contributed by atoms with Gasteiger partial charge in [0.05, 0.1) is 29.4 Å². The second kappa shape index (κ2) is 8.76. The summed E-state index contributed by atoms with van der Waals surface area (Å²) < 4.78 is 32.7. The Morgan fingerprint density at radius 2 is 1.86 bits per heavy atom. The van der Waals surface area contributed by atoms with Crippen molar-refractivity contribution in [1.29, 1.82) is 0 Å². The molecule has 9 heteroatoms. The summed E-state index contributed by atoms with van der Waals surface area (Å²) in [6.45, 7) is 5.82. The van der Waals surface area contributed by atoms with Gasteiger partial charge in [-0.25, -0.2) is 23.1 Å². The Morgan fingerprint density at radius 3 is 2.54 bits per heavy atom. The smallest absolute Gasteiger partial charge is 0.257 e. The summed E-state index contributed by atoms with van der Waals surface area (Å²) in [5.41, 5.74) is 1.93. The average molecular weight is 404 g/mol. The number of ether oxygens (including phenoxy) is 1. The highest BCUT2D eigenvalue weighted by Gasteiger charge is 2.22. The van der Waals surface area contributed by atoms with E-state index in [2.05, 4.69) is 14.7 Å². The van der Waals surface area contributed by atoms with Crippen molar-refractivity contribution in [2.24, 2.45) is 0 Å². The van der Waals surface area contributed by atoms with E-state index in [4.69, 9.17) is 4.74 Å². The highest BCUT2D eigenvalue weighted by molar-refractivity contribution is 7.89. The molecule has 1 aromatic carbocycles. The van der Waals surface area contributed by atoms with E-state index in [0.717, 1.165) is 5.56 Å². The number of aryl methyl sites for hydroxylation is 2. The predicted octanol–water partition coefficient (Wildman–Crippen LogP) is 1.09. The summed E-state index contributed by atoms with van der Waals surface area (Å²) in [5.74, 6) is 0.384. The van der Waals surface area contributed by atoms with Gasteiger partial charge in [0.2, 0.25) is 10.0 Å². The third-order valence-electron chi connectivity index (χ3n) is 4.50. The van der Waals surface area contributed by atoms with Crippen LogP contribution >= 0.6 is 0 Å². The van der Waals surface area contributed by atoms with Crippen molar-refractivity contribution in [2.45, 2.75) is 25.2 Å². The molecule has 28 heavy (non-hydrogen) atoms. The largest absolute Gasteiger partial charge is 0.378 e. The normalized spacial score (nSPS) is 14.9. The molecule has 3 rings (SSSR count). The SMILES string of the molecule is Cc1ccc(S(=O)(=O)NCCc2nc(C)ncc2C(=O)N2CCOCC2)cc1. The van der Waals surface area contributed by atoms with Crippen LogP contribution in [0.25, 0.3) is 0 Å². The Balaban J connectivity index is 1.70. The summed E-state index contributed by atoms with van der Waals surface area (Å²) in [7, 11) is -3.62. The van der Waals surface area contributed by atoms with E-state index >= 15 is 0 Å². The molecule has 0 spiro atoms. The molecule has 1 aliphatic heterocycles. The molecule has 0 radical (unpaired) electrons. The van der Waals surface area contributed by atoms with Crippen LogP contribution in [0.5, 0.6) is 0 Å². The second-order valence-corrected chi connectivity index (χ2v) is 8.41. The fraction of sp³-hybridized carbons (Fsp3) is 0.421. The maximum atomic E-state index is 12.8. The Kier molecular flexibility index (Phi) is 6.38. The van der Waals surface area contributed by atoms with Crippen LogP contribution in [-0.2, 0) is 21.2 Å². The Bertz CT molecular complexity index is 939. The van der Waals surface area contributed by atoms with E-state index in [0.29, 0.717) is 49.8 Å². The monoisotopic (exact) mass is 404 g/mol. The van der Waals surface area contributed by atoms with Crippen LogP contribution in [0.4, 0.5) is 0 Å². The molecule has 0 unspecified atom stereocenters. The van der Waals surface area contributed by atoms with Crippen LogP contribution in [0.15, 0.2) is 35.4 Å². The molecule has 1 aromatic heterocycles. The van der Waals surface area contributed by atoms with Gasteiger partial charge >= 0.3 is 0 Å². The molecule has 1 fully saturated rings. The minimum Gasteiger partial charge on any atom is -0.378 e. The number of hydrogen-bond acceptors (Lipinski definition) is 6. The van der Waals surface area contributed by atoms with Gasteiger partial charge in [-0.3, -0.25) is 4.79 Å². The summed E-state index contributed by atoms with van der Waals surface area (Å²) >= 11 is 0. The standard InChI is InChI=1S/C19H24N4O4S/c1-14-3-5-16(6-4-14)28(25,26)21-8-7-18-17(13-20-15(2)22-18)19(24)23-9-11-27-12-10-23/h3-6,13,21H,7-12H2,1-2H3. The number of morpholine rings is 1. The Labute approximate surface area is 165 Å². The van der Waals surface area contributed by atoms with Gasteiger partial charge < -0.3 is 9.64 Å². The topological polar surface area (TPSA) is 101 Å². The molecule has 150 valence electrons. The van der Waals surface area contributed by atoms with Crippen LogP contribution in [0.1, 0.15) is 27.4 Å². The van der Waals surface area contributed by atoms with Gasteiger partial charge in [0.25, 0.3) is 5.91 Å².